The third-order valence-electron chi connectivity index (χ3n) is 4.32. The summed E-state index contributed by atoms with van der Waals surface area (Å²) >= 11 is 0. The van der Waals surface area contributed by atoms with Gasteiger partial charge in [0.2, 0.25) is 0 Å². The second-order valence-corrected chi connectivity index (χ2v) is 6.00. The Morgan fingerprint density at radius 3 is 2.59 bits per heavy atom. The van der Waals surface area contributed by atoms with Crippen LogP contribution in [0.25, 0.3) is 0 Å². The minimum atomic E-state index is -0.200. The molecule has 4 heteroatoms. The molecule has 1 fully saturated rings. The van der Waals surface area contributed by atoms with Gasteiger partial charge in [0, 0.05) is 18.8 Å². The average Bonchev–Trinajstić information content (AvgIpc) is 2.80. The Bertz CT molecular complexity index is 590. The van der Waals surface area contributed by atoms with Crippen molar-refractivity contribution in [3.05, 3.63) is 59.4 Å². The van der Waals surface area contributed by atoms with Crippen LogP contribution in [0.1, 0.15) is 36.2 Å². The van der Waals surface area contributed by atoms with Crippen LogP contribution in [-0.4, -0.2) is 23.1 Å². The molecular formula is C18H22FN3. The van der Waals surface area contributed by atoms with Crippen molar-refractivity contribution in [3.63, 3.8) is 0 Å². The van der Waals surface area contributed by atoms with E-state index in [2.05, 4.69) is 15.3 Å². The van der Waals surface area contributed by atoms with Crippen LogP contribution in [0.4, 0.5) is 4.39 Å². The van der Waals surface area contributed by atoms with Gasteiger partial charge in [-0.05, 0) is 62.4 Å². The highest BCUT2D eigenvalue weighted by atomic mass is 19.1. The molecule has 0 unspecified atom stereocenters. The van der Waals surface area contributed by atoms with Gasteiger partial charge in [-0.2, -0.15) is 0 Å². The van der Waals surface area contributed by atoms with Crippen molar-refractivity contribution in [1.29, 1.82) is 0 Å². The molecule has 1 saturated heterocycles. The normalized spacial score (nSPS) is 18.9. The number of rotatable bonds is 4. The van der Waals surface area contributed by atoms with Gasteiger partial charge in [0.05, 0.1) is 11.4 Å². The fourth-order valence-corrected chi connectivity index (χ4v) is 3.08. The molecule has 0 saturated carbocycles. The van der Waals surface area contributed by atoms with Gasteiger partial charge in [-0.15, -0.1) is 0 Å². The van der Waals surface area contributed by atoms with E-state index >= 15 is 0 Å². The second kappa shape index (κ2) is 7.45. The summed E-state index contributed by atoms with van der Waals surface area (Å²) in [5, 5.41) is 3.45. The maximum Gasteiger partial charge on any atom is 0.123 e. The SMILES string of the molecule is Fc1ccc(Cc2nccnc2C[C@@H]2CCCNCC2)cc1. The van der Waals surface area contributed by atoms with E-state index in [0.29, 0.717) is 12.3 Å². The van der Waals surface area contributed by atoms with Crippen molar-refractivity contribution in [2.75, 3.05) is 13.1 Å². The summed E-state index contributed by atoms with van der Waals surface area (Å²) in [5.41, 5.74) is 3.19. The molecule has 0 bridgehead atoms. The lowest BCUT2D eigenvalue weighted by Crippen LogP contribution is -2.15. The highest BCUT2D eigenvalue weighted by Crippen LogP contribution is 2.20. The molecule has 1 N–H and O–H groups in total. The molecule has 3 nitrogen and oxygen atoms in total. The average molecular weight is 299 g/mol. The van der Waals surface area contributed by atoms with Gasteiger partial charge < -0.3 is 5.32 Å². The summed E-state index contributed by atoms with van der Waals surface area (Å²) in [4.78, 5) is 9.07. The Labute approximate surface area is 131 Å². The van der Waals surface area contributed by atoms with Crippen LogP contribution in [0.2, 0.25) is 0 Å². The van der Waals surface area contributed by atoms with Crippen molar-refractivity contribution in [1.82, 2.24) is 15.3 Å². The molecule has 1 aromatic carbocycles. The zero-order valence-electron chi connectivity index (χ0n) is 12.8. The van der Waals surface area contributed by atoms with Gasteiger partial charge in [0.15, 0.2) is 0 Å². The first-order valence-electron chi connectivity index (χ1n) is 8.05. The predicted octanol–water partition coefficient (Wildman–Crippen LogP) is 3.14. The Morgan fingerprint density at radius 2 is 1.77 bits per heavy atom. The van der Waals surface area contributed by atoms with Crippen LogP contribution >= 0.6 is 0 Å². The summed E-state index contributed by atoms with van der Waals surface area (Å²) in [6.45, 7) is 2.22. The predicted molar refractivity (Wildman–Crippen MR) is 85.2 cm³/mol. The van der Waals surface area contributed by atoms with E-state index in [0.717, 1.165) is 36.5 Å². The van der Waals surface area contributed by atoms with E-state index in [1.165, 1.54) is 31.4 Å². The fourth-order valence-electron chi connectivity index (χ4n) is 3.08. The van der Waals surface area contributed by atoms with Gasteiger partial charge >= 0.3 is 0 Å². The molecular weight excluding hydrogens is 277 g/mol. The Balaban J connectivity index is 1.72. The van der Waals surface area contributed by atoms with Gasteiger partial charge in [0.25, 0.3) is 0 Å². The first-order chi connectivity index (χ1) is 10.8. The highest BCUT2D eigenvalue weighted by Gasteiger charge is 2.16. The topological polar surface area (TPSA) is 37.8 Å². The smallest absolute Gasteiger partial charge is 0.123 e. The van der Waals surface area contributed by atoms with E-state index in [-0.39, 0.29) is 5.82 Å². The molecule has 22 heavy (non-hydrogen) atoms. The van der Waals surface area contributed by atoms with Crippen LogP contribution in [0, 0.1) is 11.7 Å². The third kappa shape index (κ3) is 4.10. The minimum Gasteiger partial charge on any atom is -0.317 e. The maximum absolute atomic E-state index is 13.0. The third-order valence-corrected chi connectivity index (χ3v) is 4.32. The number of hydrogen-bond donors (Lipinski definition) is 1. The van der Waals surface area contributed by atoms with Crippen molar-refractivity contribution in [2.24, 2.45) is 5.92 Å². The molecule has 3 rings (SSSR count). The summed E-state index contributed by atoms with van der Waals surface area (Å²) < 4.78 is 13.0. The van der Waals surface area contributed by atoms with Crippen LogP contribution in [0.15, 0.2) is 36.7 Å². The number of nitrogens with one attached hydrogen (secondary N) is 1. The molecule has 1 aliphatic rings. The molecule has 1 atom stereocenters. The van der Waals surface area contributed by atoms with Crippen molar-refractivity contribution >= 4 is 0 Å². The van der Waals surface area contributed by atoms with Crippen molar-refractivity contribution in [3.8, 4) is 0 Å². The molecule has 0 radical (unpaired) electrons. The summed E-state index contributed by atoms with van der Waals surface area (Å²) in [7, 11) is 0. The lowest BCUT2D eigenvalue weighted by Gasteiger charge is -2.15. The van der Waals surface area contributed by atoms with Crippen LogP contribution in [0.3, 0.4) is 0 Å². The zero-order chi connectivity index (χ0) is 15.2. The monoisotopic (exact) mass is 299 g/mol. The number of benzene rings is 1. The van der Waals surface area contributed by atoms with Gasteiger partial charge in [-0.3, -0.25) is 9.97 Å². The molecule has 0 spiro atoms. The Morgan fingerprint density at radius 1 is 1.00 bits per heavy atom. The lowest BCUT2D eigenvalue weighted by molar-refractivity contribution is 0.462. The first kappa shape index (κ1) is 15.1. The first-order valence-corrected chi connectivity index (χ1v) is 8.05. The standard InChI is InChI=1S/C18H22FN3/c19-16-5-3-15(4-6-16)13-18-17(21-10-11-22-18)12-14-2-1-8-20-9-7-14/h3-6,10-11,14,20H,1-2,7-9,12-13H2/t14-/m1/s1. The number of nitrogens with zero attached hydrogens (tertiary/aromatic N) is 2. The Hall–Kier alpha value is -1.81. The zero-order valence-corrected chi connectivity index (χ0v) is 12.8. The Kier molecular flexibility index (Phi) is 5.11. The van der Waals surface area contributed by atoms with Crippen LogP contribution in [-0.2, 0) is 12.8 Å². The fraction of sp³-hybridized carbons (Fsp3) is 0.444. The molecule has 1 aromatic heterocycles. The van der Waals surface area contributed by atoms with Crippen LogP contribution < -0.4 is 5.32 Å². The molecule has 1 aliphatic heterocycles. The van der Waals surface area contributed by atoms with Crippen LogP contribution in [0.5, 0.6) is 0 Å². The van der Waals surface area contributed by atoms with E-state index in [1.54, 1.807) is 12.4 Å². The van der Waals surface area contributed by atoms with Gasteiger partial charge in [0.1, 0.15) is 5.82 Å². The molecule has 0 aliphatic carbocycles. The highest BCUT2D eigenvalue weighted by molar-refractivity contribution is 5.24. The van der Waals surface area contributed by atoms with E-state index in [9.17, 15) is 4.39 Å². The van der Waals surface area contributed by atoms with Crippen molar-refractivity contribution < 1.29 is 4.39 Å². The maximum atomic E-state index is 13.0. The largest absolute Gasteiger partial charge is 0.317 e. The molecule has 2 aromatic rings. The van der Waals surface area contributed by atoms with Gasteiger partial charge in [-0.25, -0.2) is 4.39 Å². The molecule has 2 heterocycles. The van der Waals surface area contributed by atoms with E-state index in [1.807, 2.05) is 12.1 Å². The van der Waals surface area contributed by atoms with E-state index in [4.69, 9.17) is 0 Å². The van der Waals surface area contributed by atoms with Crippen molar-refractivity contribution in [2.45, 2.75) is 32.1 Å². The quantitative estimate of drug-likeness (QED) is 0.942. The molecule has 0 amide bonds. The lowest BCUT2D eigenvalue weighted by atomic mass is 9.93. The van der Waals surface area contributed by atoms with Gasteiger partial charge in [-0.1, -0.05) is 12.1 Å². The summed E-state index contributed by atoms with van der Waals surface area (Å²) in [5.74, 6) is 0.479. The number of hydrogen-bond acceptors (Lipinski definition) is 3. The summed E-state index contributed by atoms with van der Waals surface area (Å²) in [6, 6.07) is 6.65. The second-order valence-electron chi connectivity index (χ2n) is 6.00. The minimum absolute atomic E-state index is 0.200. The summed E-state index contributed by atoms with van der Waals surface area (Å²) in [6.07, 6.45) is 8.92. The molecule has 116 valence electrons. The number of halogens is 1. The number of aromatic nitrogens is 2. The van der Waals surface area contributed by atoms with E-state index < -0.39 is 0 Å².